The number of halogens is 2. The van der Waals surface area contributed by atoms with Crippen LogP contribution in [0, 0.1) is 0 Å². The van der Waals surface area contributed by atoms with Gasteiger partial charge >= 0.3 is 0 Å². The first-order chi connectivity index (χ1) is 12.3. The Labute approximate surface area is 168 Å². The molecular weight excluding hydrogens is 415 g/mol. The maximum Gasteiger partial charge on any atom is 0.276 e. The molecule has 0 radical (unpaired) electrons. The zero-order valence-electron chi connectivity index (χ0n) is 14.5. The number of fused-ring (bicyclic) bond motifs is 1. The Hall–Kier alpha value is -1.81. The molecule has 0 unspecified atom stereocenters. The van der Waals surface area contributed by atoms with Crippen LogP contribution in [-0.4, -0.2) is 49.7 Å². The number of sulfone groups is 1. The molecule has 1 aromatic carbocycles. The van der Waals surface area contributed by atoms with Crippen LogP contribution in [0.3, 0.4) is 0 Å². The second-order valence-corrected chi connectivity index (χ2v) is 8.73. The smallest absolute Gasteiger partial charge is 0.276 e. The summed E-state index contributed by atoms with van der Waals surface area (Å²) in [6, 6.07) is 4.74. The number of aromatic amines is 1. The third kappa shape index (κ3) is 5.58. The number of anilines is 1. The van der Waals surface area contributed by atoms with Gasteiger partial charge in [-0.2, -0.15) is 5.10 Å². The Morgan fingerprint density at radius 3 is 2.93 bits per heavy atom. The molecule has 3 N–H and O–H groups in total. The molecule has 148 valence electrons. The molecule has 3 rings (SSSR count). The third-order valence-electron chi connectivity index (χ3n) is 3.92. The Kier molecular flexibility index (Phi) is 7.10. The van der Waals surface area contributed by atoms with E-state index < -0.39 is 9.84 Å². The molecule has 0 spiro atoms. The first kappa shape index (κ1) is 21.5. The molecule has 8 nitrogen and oxygen atoms in total. The average Bonchev–Trinajstić information content (AvgIpc) is 3.00. The van der Waals surface area contributed by atoms with Gasteiger partial charge in [-0.05, 0) is 18.2 Å². The quantitative estimate of drug-likeness (QED) is 0.638. The van der Waals surface area contributed by atoms with Crippen LogP contribution in [0.15, 0.2) is 18.2 Å². The molecule has 0 fully saturated rings. The van der Waals surface area contributed by atoms with E-state index in [-0.39, 0.29) is 30.7 Å². The highest BCUT2D eigenvalue weighted by atomic mass is 35.5. The number of hydrogen-bond acceptors (Lipinski definition) is 6. The normalized spacial score (nSPS) is 13.4. The van der Waals surface area contributed by atoms with Crippen LogP contribution in [0.5, 0.6) is 5.75 Å². The van der Waals surface area contributed by atoms with Crippen molar-refractivity contribution in [1.82, 2.24) is 15.5 Å². The summed E-state index contributed by atoms with van der Waals surface area (Å²) in [5, 5.41) is 13.4. The summed E-state index contributed by atoms with van der Waals surface area (Å²) < 4.78 is 28.0. The van der Waals surface area contributed by atoms with Gasteiger partial charge in [0.15, 0.2) is 15.5 Å². The molecule has 0 saturated carbocycles. The van der Waals surface area contributed by atoms with Crippen molar-refractivity contribution in [3.05, 3.63) is 40.2 Å². The molecule has 1 aliphatic heterocycles. The Morgan fingerprint density at radius 2 is 2.19 bits per heavy atom. The minimum Gasteiger partial charge on any atom is -0.490 e. The van der Waals surface area contributed by atoms with Crippen molar-refractivity contribution in [3.63, 3.8) is 0 Å². The Balaban J connectivity index is 0.00000261. The number of carbonyl (C=O) groups excluding carboxylic acids is 1. The number of hydrogen-bond donors (Lipinski definition) is 3. The third-order valence-corrected chi connectivity index (χ3v) is 5.07. The summed E-state index contributed by atoms with van der Waals surface area (Å²) in [5.41, 5.74) is 2.46. The number of rotatable bonds is 6. The van der Waals surface area contributed by atoms with Gasteiger partial charge in [-0.25, -0.2) is 8.42 Å². The van der Waals surface area contributed by atoms with Gasteiger partial charge in [-0.15, -0.1) is 12.4 Å². The number of H-pyrrole nitrogens is 1. The van der Waals surface area contributed by atoms with Gasteiger partial charge in [0.05, 0.1) is 11.4 Å². The second kappa shape index (κ2) is 8.92. The Morgan fingerprint density at radius 1 is 1.41 bits per heavy atom. The number of nitrogens with zero attached hydrogens (tertiary/aromatic N) is 1. The van der Waals surface area contributed by atoms with Crippen molar-refractivity contribution in [2.75, 3.05) is 30.5 Å². The fraction of sp³-hybridized carbons (Fsp3) is 0.375. The van der Waals surface area contributed by atoms with Crippen molar-refractivity contribution in [1.29, 1.82) is 0 Å². The zero-order valence-corrected chi connectivity index (χ0v) is 16.9. The van der Waals surface area contributed by atoms with E-state index in [9.17, 15) is 13.2 Å². The Bertz CT molecular complexity index is 930. The van der Waals surface area contributed by atoms with Crippen LogP contribution in [0.25, 0.3) is 0 Å². The van der Waals surface area contributed by atoms with E-state index in [1.807, 2.05) is 0 Å². The number of carbonyl (C=O) groups is 1. The summed E-state index contributed by atoms with van der Waals surface area (Å²) in [6.07, 6.45) is 1.92. The van der Waals surface area contributed by atoms with Crippen LogP contribution in [0.4, 0.5) is 5.69 Å². The van der Waals surface area contributed by atoms with Gasteiger partial charge in [-0.1, -0.05) is 11.6 Å². The second-order valence-electron chi connectivity index (χ2n) is 6.03. The monoisotopic (exact) mass is 434 g/mol. The van der Waals surface area contributed by atoms with Crippen LogP contribution in [0.2, 0.25) is 5.02 Å². The van der Waals surface area contributed by atoms with Crippen LogP contribution in [0.1, 0.15) is 21.7 Å². The maximum absolute atomic E-state index is 12.6. The van der Waals surface area contributed by atoms with Gasteiger partial charge < -0.3 is 15.4 Å². The summed E-state index contributed by atoms with van der Waals surface area (Å²) >= 11 is 6.01. The predicted octanol–water partition coefficient (Wildman–Crippen LogP) is 1.81. The average molecular weight is 435 g/mol. The molecule has 0 bridgehead atoms. The molecule has 1 aliphatic rings. The molecular formula is C16H20Cl2N4O4S. The number of aromatic nitrogens is 2. The first-order valence-corrected chi connectivity index (χ1v) is 10.5. The minimum absolute atomic E-state index is 0. The number of benzene rings is 1. The number of nitrogens with one attached hydrogen (secondary N) is 3. The molecule has 27 heavy (non-hydrogen) atoms. The lowest BCUT2D eigenvalue weighted by atomic mass is 10.1. The van der Waals surface area contributed by atoms with Gasteiger partial charge in [0.2, 0.25) is 0 Å². The topological polar surface area (TPSA) is 113 Å². The molecule has 2 heterocycles. The largest absolute Gasteiger partial charge is 0.490 e. The lowest BCUT2D eigenvalue weighted by Crippen LogP contribution is -2.25. The van der Waals surface area contributed by atoms with Crippen molar-refractivity contribution in [2.45, 2.75) is 13.0 Å². The van der Waals surface area contributed by atoms with E-state index >= 15 is 0 Å². The lowest BCUT2D eigenvalue weighted by molar-refractivity contribution is 0.102. The van der Waals surface area contributed by atoms with Crippen molar-refractivity contribution < 1.29 is 17.9 Å². The van der Waals surface area contributed by atoms with Crippen molar-refractivity contribution >= 4 is 45.4 Å². The summed E-state index contributed by atoms with van der Waals surface area (Å²) in [6.45, 7) is 1.38. The van der Waals surface area contributed by atoms with Crippen molar-refractivity contribution in [2.24, 2.45) is 0 Å². The van der Waals surface area contributed by atoms with E-state index in [1.165, 1.54) is 0 Å². The maximum atomic E-state index is 12.6. The van der Waals surface area contributed by atoms with Crippen LogP contribution in [-0.2, 0) is 22.8 Å². The number of ether oxygens (including phenoxy) is 1. The number of amides is 1. The van der Waals surface area contributed by atoms with Gasteiger partial charge in [-0.3, -0.25) is 9.89 Å². The molecule has 11 heteroatoms. The highest BCUT2D eigenvalue weighted by Crippen LogP contribution is 2.29. The minimum atomic E-state index is -3.14. The summed E-state index contributed by atoms with van der Waals surface area (Å²) in [4.78, 5) is 12.6. The van der Waals surface area contributed by atoms with Gasteiger partial charge in [0, 0.05) is 42.0 Å². The highest BCUT2D eigenvalue weighted by molar-refractivity contribution is 7.90. The first-order valence-electron chi connectivity index (χ1n) is 8.02. The molecule has 0 atom stereocenters. The SMILES string of the molecule is CS(=O)(=O)CCOc1ccc(Cl)cc1NC(=O)c1n[nH]c2c1CNCC2.Cl. The fourth-order valence-corrected chi connectivity index (χ4v) is 3.18. The van der Waals surface area contributed by atoms with Gasteiger partial charge in [0.25, 0.3) is 5.91 Å². The molecule has 1 amide bonds. The van der Waals surface area contributed by atoms with E-state index in [4.69, 9.17) is 16.3 Å². The van der Waals surface area contributed by atoms with E-state index in [0.717, 1.165) is 30.5 Å². The van der Waals surface area contributed by atoms with E-state index in [0.29, 0.717) is 28.7 Å². The summed E-state index contributed by atoms with van der Waals surface area (Å²) in [7, 11) is -3.14. The molecule has 1 aromatic heterocycles. The summed E-state index contributed by atoms with van der Waals surface area (Å²) in [5.74, 6) is -0.169. The predicted molar refractivity (Wildman–Crippen MR) is 106 cm³/mol. The van der Waals surface area contributed by atoms with Crippen molar-refractivity contribution in [3.8, 4) is 5.75 Å². The zero-order chi connectivity index (χ0) is 18.7. The molecule has 2 aromatic rings. The van der Waals surface area contributed by atoms with E-state index in [1.54, 1.807) is 18.2 Å². The lowest BCUT2D eigenvalue weighted by Gasteiger charge is -2.14. The standard InChI is InChI=1S/C16H19ClN4O4S.ClH/c1-26(23,24)7-6-25-14-3-2-10(17)8-13(14)19-16(22)15-11-9-18-5-4-12(11)20-21-15;/h2-3,8,18H,4-7,9H2,1H3,(H,19,22)(H,20,21);1H. The van der Waals surface area contributed by atoms with E-state index in [2.05, 4.69) is 20.8 Å². The van der Waals surface area contributed by atoms with Crippen LogP contribution < -0.4 is 15.4 Å². The fourth-order valence-electron chi connectivity index (χ4n) is 2.62. The highest BCUT2D eigenvalue weighted by Gasteiger charge is 2.22. The molecule has 0 aliphatic carbocycles. The molecule has 0 saturated heterocycles. The van der Waals surface area contributed by atoms with Crippen LogP contribution >= 0.6 is 24.0 Å². The van der Waals surface area contributed by atoms with Gasteiger partial charge in [0.1, 0.15) is 12.4 Å².